The molecule has 0 aliphatic carbocycles. The lowest BCUT2D eigenvalue weighted by Crippen LogP contribution is -2.29. The molecule has 0 aliphatic heterocycles. The molecule has 0 saturated carbocycles. The highest BCUT2D eigenvalue weighted by Gasteiger charge is 2.33. The Kier molecular flexibility index (Phi) is 6.93. The summed E-state index contributed by atoms with van der Waals surface area (Å²) in [4.78, 5) is 15.5. The summed E-state index contributed by atoms with van der Waals surface area (Å²) in [6, 6.07) is 16.3. The Morgan fingerprint density at radius 1 is 1.09 bits per heavy atom. The average molecular weight is 488 g/mol. The molecule has 7 nitrogen and oxygen atoms in total. The summed E-state index contributed by atoms with van der Waals surface area (Å²) < 4.78 is 64.4. The van der Waals surface area contributed by atoms with Crippen LogP contribution in [0.3, 0.4) is 0 Å². The van der Waals surface area contributed by atoms with Crippen molar-refractivity contribution in [2.75, 3.05) is 10.6 Å². The third-order valence-electron chi connectivity index (χ3n) is 5.06. The largest absolute Gasteiger partial charge is 0.433 e. The molecule has 0 saturated heterocycles. The number of benzene rings is 2. The SMILES string of the molecule is CS(=O)(=O)N(Cc1ccccc1C#N)c1ccc(C(C(N)=O)c2ccc(C(F)(F)F)nc2)cc1. The maximum Gasteiger partial charge on any atom is 0.433 e. The highest BCUT2D eigenvalue weighted by molar-refractivity contribution is 7.92. The van der Waals surface area contributed by atoms with Gasteiger partial charge in [-0.3, -0.25) is 14.1 Å². The van der Waals surface area contributed by atoms with Crippen LogP contribution in [0.1, 0.15) is 33.9 Å². The number of carbonyl (C=O) groups is 1. The molecule has 3 rings (SSSR count). The van der Waals surface area contributed by atoms with Crippen LogP contribution in [0.5, 0.6) is 0 Å². The molecule has 1 atom stereocenters. The molecule has 1 amide bonds. The van der Waals surface area contributed by atoms with Gasteiger partial charge in [-0.25, -0.2) is 8.42 Å². The first-order chi connectivity index (χ1) is 15.9. The van der Waals surface area contributed by atoms with Crippen LogP contribution in [-0.2, 0) is 27.5 Å². The number of amides is 1. The van der Waals surface area contributed by atoms with Gasteiger partial charge in [-0.2, -0.15) is 18.4 Å². The maximum atomic E-state index is 12.8. The molecule has 34 heavy (non-hydrogen) atoms. The van der Waals surface area contributed by atoms with Gasteiger partial charge < -0.3 is 5.73 Å². The molecule has 2 N–H and O–H groups in total. The van der Waals surface area contributed by atoms with Gasteiger partial charge >= 0.3 is 6.18 Å². The zero-order chi connectivity index (χ0) is 25.1. The number of halogens is 3. The first-order valence-electron chi connectivity index (χ1n) is 9.80. The highest BCUT2D eigenvalue weighted by Crippen LogP contribution is 2.31. The van der Waals surface area contributed by atoms with E-state index in [1.165, 1.54) is 24.3 Å². The molecule has 1 aromatic heterocycles. The van der Waals surface area contributed by atoms with E-state index in [1.54, 1.807) is 24.3 Å². The monoisotopic (exact) mass is 488 g/mol. The van der Waals surface area contributed by atoms with Crippen LogP contribution >= 0.6 is 0 Å². The zero-order valence-electron chi connectivity index (χ0n) is 17.8. The molecule has 3 aromatic rings. The number of anilines is 1. The third-order valence-corrected chi connectivity index (χ3v) is 6.20. The number of hydrogen-bond donors (Lipinski definition) is 1. The Hall–Kier alpha value is -3.91. The summed E-state index contributed by atoms with van der Waals surface area (Å²) >= 11 is 0. The van der Waals surface area contributed by atoms with E-state index in [2.05, 4.69) is 4.98 Å². The fourth-order valence-electron chi connectivity index (χ4n) is 3.42. The van der Waals surface area contributed by atoms with Gasteiger partial charge in [0.1, 0.15) is 5.69 Å². The van der Waals surface area contributed by atoms with Gasteiger partial charge in [-0.1, -0.05) is 36.4 Å². The van der Waals surface area contributed by atoms with E-state index in [4.69, 9.17) is 5.73 Å². The number of pyridine rings is 1. The molecule has 0 bridgehead atoms. The van der Waals surface area contributed by atoms with Gasteiger partial charge in [0.2, 0.25) is 15.9 Å². The number of sulfonamides is 1. The molecule has 0 aliphatic rings. The molecular weight excluding hydrogens is 469 g/mol. The molecule has 11 heteroatoms. The number of aromatic nitrogens is 1. The average Bonchev–Trinajstić information content (AvgIpc) is 2.77. The maximum absolute atomic E-state index is 12.8. The predicted molar refractivity (Wildman–Crippen MR) is 119 cm³/mol. The fourth-order valence-corrected chi connectivity index (χ4v) is 4.30. The molecule has 0 radical (unpaired) electrons. The van der Waals surface area contributed by atoms with Crippen LogP contribution < -0.4 is 10.0 Å². The van der Waals surface area contributed by atoms with Gasteiger partial charge in [0.25, 0.3) is 0 Å². The zero-order valence-corrected chi connectivity index (χ0v) is 18.6. The van der Waals surface area contributed by atoms with Crippen LogP contribution in [0, 0.1) is 11.3 Å². The molecule has 0 fully saturated rings. The van der Waals surface area contributed by atoms with Crippen molar-refractivity contribution >= 4 is 21.6 Å². The number of hydrogen-bond acceptors (Lipinski definition) is 5. The van der Waals surface area contributed by atoms with Gasteiger partial charge in [-0.15, -0.1) is 0 Å². The number of primary amides is 1. The van der Waals surface area contributed by atoms with Crippen molar-refractivity contribution in [2.45, 2.75) is 18.6 Å². The quantitative estimate of drug-likeness (QED) is 0.546. The van der Waals surface area contributed by atoms with Crippen LogP contribution in [0.25, 0.3) is 0 Å². The van der Waals surface area contributed by atoms with Crippen LogP contribution in [0.2, 0.25) is 0 Å². The van der Waals surface area contributed by atoms with Crippen LogP contribution in [-0.4, -0.2) is 25.6 Å². The van der Waals surface area contributed by atoms with Crippen molar-refractivity contribution in [3.63, 3.8) is 0 Å². The van der Waals surface area contributed by atoms with E-state index >= 15 is 0 Å². The summed E-state index contributed by atoms with van der Waals surface area (Å²) in [5.74, 6) is -1.90. The second kappa shape index (κ2) is 9.52. The minimum absolute atomic E-state index is 0.0933. The van der Waals surface area contributed by atoms with Crippen LogP contribution in [0.4, 0.5) is 18.9 Å². The van der Waals surface area contributed by atoms with Crippen molar-refractivity contribution in [1.82, 2.24) is 4.98 Å². The molecule has 1 unspecified atom stereocenters. The van der Waals surface area contributed by atoms with E-state index in [9.17, 15) is 31.6 Å². The fraction of sp³-hybridized carbons (Fsp3) is 0.174. The lowest BCUT2D eigenvalue weighted by Gasteiger charge is -2.24. The number of nitrogens with two attached hydrogens (primary N) is 1. The number of alkyl halides is 3. The van der Waals surface area contributed by atoms with E-state index in [0.29, 0.717) is 16.7 Å². The standard InChI is InChI=1S/C23H19F3N4O3S/c1-34(32,33)30(14-18-5-3-2-4-16(18)12-27)19-9-6-15(7-10-19)21(22(28)31)17-8-11-20(29-13-17)23(24,25)26/h2-11,13,21H,14H2,1H3,(H2,28,31). The lowest BCUT2D eigenvalue weighted by molar-refractivity contribution is -0.141. The second-order valence-corrected chi connectivity index (χ2v) is 9.35. The summed E-state index contributed by atoms with van der Waals surface area (Å²) in [6.45, 7) is -0.0933. The number of nitrogens with zero attached hydrogens (tertiary/aromatic N) is 3. The third kappa shape index (κ3) is 5.52. The Morgan fingerprint density at radius 3 is 2.21 bits per heavy atom. The first kappa shape index (κ1) is 24.7. The van der Waals surface area contributed by atoms with E-state index in [0.717, 1.165) is 28.9 Å². The summed E-state index contributed by atoms with van der Waals surface area (Å²) in [5, 5.41) is 9.29. The lowest BCUT2D eigenvalue weighted by atomic mass is 9.91. The molecule has 1 heterocycles. The highest BCUT2D eigenvalue weighted by atomic mass is 32.2. The Labute approximate surface area is 194 Å². The Bertz CT molecular complexity index is 1330. The molecule has 2 aromatic carbocycles. The molecule has 176 valence electrons. The van der Waals surface area contributed by atoms with Crippen molar-refractivity contribution < 1.29 is 26.4 Å². The van der Waals surface area contributed by atoms with Gasteiger partial charge in [0, 0.05) is 6.20 Å². The number of nitriles is 1. The predicted octanol–water partition coefficient (Wildman–Crippen LogP) is 3.56. The molecular formula is C23H19F3N4O3S. The first-order valence-corrected chi connectivity index (χ1v) is 11.6. The van der Waals surface area contributed by atoms with Gasteiger partial charge in [0.15, 0.2) is 0 Å². The summed E-state index contributed by atoms with van der Waals surface area (Å²) in [6.07, 6.45) is -2.66. The minimum atomic E-state index is -4.62. The van der Waals surface area contributed by atoms with Crippen molar-refractivity contribution in [3.05, 3.63) is 94.8 Å². The van der Waals surface area contributed by atoms with Crippen molar-refractivity contribution in [1.29, 1.82) is 5.26 Å². The van der Waals surface area contributed by atoms with Crippen molar-refractivity contribution in [2.24, 2.45) is 5.73 Å². The van der Waals surface area contributed by atoms with Gasteiger partial charge in [-0.05, 0) is 41.0 Å². The Balaban J connectivity index is 1.95. The number of carbonyl (C=O) groups excluding carboxylic acids is 1. The van der Waals surface area contributed by atoms with E-state index in [-0.39, 0.29) is 17.8 Å². The second-order valence-electron chi connectivity index (χ2n) is 7.44. The van der Waals surface area contributed by atoms with E-state index in [1.807, 2.05) is 6.07 Å². The van der Waals surface area contributed by atoms with Crippen molar-refractivity contribution in [3.8, 4) is 6.07 Å². The molecule has 0 spiro atoms. The Morgan fingerprint density at radius 2 is 1.71 bits per heavy atom. The summed E-state index contributed by atoms with van der Waals surface area (Å²) in [7, 11) is -3.75. The normalized spacial score (nSPS) is 12.6. The summed E-state index contributed by atoms with van der Waals surface area (Å²) in [5.41, 5.74) is 6.02. The number of rotatable bonds is 7. The van der Waals surface area contributed by atoms with Crippen LogP contribution in [0.15, 0.2) is 66.9 Å². The van der Waals surface area contributed by atoms with Gasteiger partial charge in [0.05, 0.1) is 36.0 Å². The minimum Gasteiger partial charge on any atom is -0.369 e. The smallest absolute Gasteiger partial charge is 0.369 e. The van der Waals surface area contributed by atoms with E-state index < -0.39 is 33.7 Å². The topological polar surface area (TPSA) is 117 Å².